The zero-order chi connectivity index (χ0) is 25.2. The van der Waals surface area contributed by atoms with Crippen LogP contribution in [0.5, 0.6) is 11.5 Å². The number of phenols is 1. The van der Waals surface area contributed by atoms with E-state index in [0.29, 0.717) is 29.9 Å². The Kier molecular flexibility index (Phi) is 5.08. The highest BCUT2D eigenvalue weighted by atomic mass is 19.1. The molecule has 0 spiro atoms. The minimum absolute atomic E-state index is 0.0570. The van der Waals surface area contributed by atoms with Crippen LogP contribution in [0.3, 0.4) is 0 Å². The lowest BCUT2D eigenvalue weighted by atomic mass is 9.81. The van der Waals surface area contributed by atoms with Crippen LogP contribution in [0.1, 0.15) is 29.8 Å². The van der Waals surface area contributed by atoms with Crippen molar-refractivity contribution in [1.29, 1.82) is 0 Å². The highest BCUT2D eigenvalue weighted by Gasteiger charge is 2.60. The van der Waals surface area contributed by atoms with Crippen LogP contribution in [-0.2, 0) is 11.2 Å². The Morgan fingerprint density at radius 1 is 1.17 bits per heavy atom. The van der Waals surface area contributed by atoms with E-state index < -0.39 is 17.4 Å². The minimum Gasteiger partial charge on any atom is -0.508 e. The van der Waals surface area contributed by atoms with E-state index in [2.05, 4.69) is 22.0 Å². The van der Waals surface area contributed by atoms with Gasteiger partial charge in [0, 0.05) is 55.3 Å². The zero-order valence-electron chi connectivity index (χ0n) is 20.1. The molecule has 4 heterocycles. The summed E-state index contributed by atoms with van der Waals surface area (Å²) in [7, 11) is 1.41. The van der Waals surface area contributed by atoms with Gasteiger partial charge in [-0.2, -0.15) is 0 Å². The molecule has 1 aromatic heterocycles. The molecule has 2 aromatic carbocycles. The second-order valence-electron chi connectivity index (χ2n) is 9.84. The molecule has 0 aliphatic carbocycles. The van der Waals surface area contributed by atoms with Crippen LogP contribution < -0.4 is 4.74 Å². The van der Waals surface area contributed by atoms with Crippen molar-refractivity contribution in [2.45, 2.75) is 24.9 Å². The molecule has 3 amide bonds. The Labute approximate surface area is 207 Å². The number of rotatable bonds is 5. The van der Waals surface area contributed by atoms with Gasteiger partial charge in [0.25, 0.3) is 5.91 Å². The third kappa shape index (κ3) is 3.22. The summed E-state index contributed by atoms with van der Waals surface area (Å²) in [5.74, 6) is -0.584. The summed E-state index contributed by atoms with van der Waals surface area (Å²) < 4.78 is 19.8. The lowest BCUT2D eigenvalue weighted by Gasteiger charge is -2.42. The summed E-state index contributed by atoms with van der Waals surface area (Å²) >= 11 is 0. The largest absolute Gasteiger partial charge is 0.508 e. The van der Waals surface area contributed by atoms with Crippen molar-refractivity contribution >= 4 is 22.8 Å². The van der Waals surface area contributed by atoms with Crippen molar-refractivity contribution in [2.24, 2.45) is 0 Å². The van der Waals surface area contributed by atoms with Gasteiger partial charge in [-0.1, -0.05) is 24.3 Å². The van der Waals surface area contributed by atoms with Crippen LogP contribution in [0.25, 0.3) is 10.9 Å². The van der Waals surface area contributed by atoms with Crippen LogP contribution in [0.2, 0.25) is 0 Å². The molecule has 0 unspecified atom stereocenters. The molecule has 0 radical (unpaired) electrons. The van der Waals surface area contributed by atoms with Gasteiger partial charge >= 0.3 is 6.03 Å². The topological polar surface area (TPSA) is 89.1 Å². The Bertz CT molecular complexity index is 1420. The number of benzene rings is 2. The maximum atomic E-state index is 14.5. The van der Waals surface area contributed by atoms with Gasteiger partial charge in [-0.3, -0.25) is 19.5 Å². The number of halogens is 1. The van der Waals surface area contributed by atoms with Crippen molar-refractivity contribution in [2.75, 3.05) is 33.3 Å². The van der Waals surface area contributed by atoms with Crippen LogP contribution in [-0.4, -0.2) is 75.6 Å². The van der Waals surface area contributed by atoms with E-state index in [1.54, 1.807) is 36.1 Å². The molecule has 0 bridgehead atoms. The molecule has 8 nitrogen and oxygen atoms in total. The van der Waals surface area contributed by atoms with Crippen molar-refractivity contribution in [3.05, 3.63) is 71.2 Å². The van der Waals surface area contributed by atoms with Crippen molar-refractivity contribution in [3.8, 4) is 11.5 Å². The smallest absolute Gasteiger partial charge is 0.328 e. The summed E-state index contributed by atoms with van der Waals surface area (Å²) in [6, 6.07) is 8.68. The number of fused-ring (bicyclic) bond motifs is 4. The average Bonchev–Trinajstić information content (AvgIpc) is 3.53. The molecule has 3 aliphatic heterocycles. The standard InChI is InChI=1S/C27H27FN4O4/c1-27-15-19-18-13-22(36-2)20(28)14-21(18)29-23(19)24(16-6-5-7-17(33)12-16)32(27)26(35)31(25(27)34)11-10-30-8-3-4-9-30/h3-7,12-14,24,29,33H,8-11,15H2,1-2H3/t24-,27+/m1/s1. The predicted octanol–water partition coefficient (Wildman–Crippen LogP) is 3.56. The molecule has 9 heteroatoms. The van der Waals surface area contributed by atoms with Crippen molar-refractivity contribution < 1.29 is 23.8 Å². The van der Waals surface area contributed by atoms with Gasteiger partial charge in [0.15, 0.2) is 11.6 Å². The maximum absolute atomic E-state index is 14.5. The number of urea groups is 1. The Hall–Kier alpha value is -3.85. The summed E-state index contributed by atoms with van der Waals surface area (Å²) in [5.41, 5.74) is 1.62. The number of nitrogens with zero attached hydrogens (tertiary/aromatic N) is 3. The van der Waals surface area contributed by atoms with Crippen molar-refractivity contribution in [1.82, 2.24) is 19.7 Å². The predicted molar refractivity (Wildman–Crippen MR) is 131 cm³/mol. The minimum atomic E-state index is -1.14. The Morgan fingerprint density at radius 2 is 1.94 bits per heavy atom. The molecule has 2 N–H and O–H groups in total. The van der Waals surface area contributed by atoms with Crippen molar-refractivity contribution in [3.63, 3.8) is 0 Å². The van der Waals surface area contributed by atoms with E-state index >= 15 is 0 Å². The van der Waals surface area contributed by atoms with E-state index in [1.807, 2.05) is 6.07 Å². The molecule has 2 atom stereocenters. The number of aromatic nitrogens is 1. The summed E-state index contributed by atoms with van der Waals surface area (Å²) in [5, 5.41) is 11.0. The van der Waals surface area contributed by atoms with E-state index in [4.69, 9.17) is 4.74 Å². The molecular weight excluding hydrogens is 463 g/mol. The summed E-state index contributed by atoms with van der Waals surface area (Å²) in [6.07, 6.45) is 4.43. The van der Waals surface area contributed by atoms with Crippen LogP contribution in [0, 0.1) is 5.82 Å². The van der Waals surface area contributed by atoms with Gasteiger partial charge < -0.3 is 14.8 Å². The van der Waals surface area contributed by atoms with E-state index in [0.717, 1.165) is 24.0 Å². The first kappa shape index (κ1) is 22.6. The van der Waals surface area contributed by atoms with Gasteiger partial charge in [-0.05, 0) is 36.2 Å². The summed E-state index contributed by atoms with van der Waals surface area (Å²) in [4.78, 5) is 36.2. The summed E-state index contributed by atoms with van der Waals surface area (Å²) in [6.45, 7) is 4.29. The van der Waals surface area contributed by atoms with Crippen LogP contribution >= 0.6 is 0 Å². The molecule has 3 aliphatic rings. The lowest BCUT2D eigenvalue weighted by Crippen LogP contribution is -2.53. The van der Waals surface area contributed by atoms with Gasteiger partial charge in [-0.15, -0.1) is 0 Å². The number of ether oxygens (including phenoxy) is 1. The SMILES string of the molecule is COc1cc2c3c([nH]c2cc1F)[C@@H](c1cccc(O)c1)N1C(=O)N(CCN2CC=CC2)C(=O)[C@]1(C)C3. The molecular formula is C27H27FN4O4. The molecule has 0 saturated carbocycles. The van der Waals surface area contributed by atoms with E-state index in [-0.39, 0.29) is 29.9 Å². The number of nitrogens with one attached hydrogen (secondary N) is 1. The van der Waals surface area contributed by atoms with Crippen LogP contribution in [0.4, 0.5) is 9.18 Å². The number of methoxy groups -OCH3 is 1. The fourth-order valence-corrected chi connectivity index (χ4v) is 5.86. The zero-order valence-corrected chi connectivity index (χ0v) is 20.1. The normalized spacial score (nSPS) is 23.6. The number of phenolic OH excluding ortho intramolecular Hbond substituents is 1. The highest BCUT2D eigenvalue weighted by molar-refractivity contribution is 6.08. The number of hydrogen-bond donors (Lipinski definition) is 2. The van der Waals surface area contributed by atoms with E-state index in [1.165, 1.54) is 18.1 Å². The first-order valence-corrected chi connectivity index (χ1v) is 12.0. The second kappa shape index (κ2) is 8.09. The molecule has 36 heavy (non-hydrogen) atoms. The lowest BCUT2D eigenvalue weighted by molar-refractivity contribution is -0.133. The number of hydrogen-bond acceptors (Lipinski definition) is 5. The molecule has 1 saturated heterocycles. The first-order valence-electron chi connectivity index (χ1n) is 12.0. The molecule has 1 fully saturated rings. The fourth-order valence-electron chi connectivity index (χ4n) is 5.86. The fraction of sp³-hybridized carbons (Fsp3) is 0.333. The van der Waals surface area contributed by atoms with Gasteiger partial charge in [0.2, 0.25) is 0 Å². The first-order chi connectivity index (χ1) is 17.3. The molecule has 3 aromatic rings. The number of aromatic hydroxyl groups is 1. The second-order valence-corrected chi connectivity index (χ2v) is 9.84. The Balaban J connectivity index is 1.49. The number of aromatic amines is 1. The number of carbonyl (C=O) groups is 2. The Morgan fingerprint density at radius 3 is 2.67 bits per heavy atom. The number of amides is 3. The number of carbonyl (C=O) groups excluding carboxylic acids is 2. The molecule has 6 rings (SSSR count). The maximum Gasteiger partial charge on any atom is 0.328 e. The van der Waals surface area contributed by atoms with Gasteiger partial charge in [0.1, 0.15) is 17.3 Å². The van der Waals surface area contributed by atoms with E-state index in [9.17, 15) is 19.1 Å². The third-order valence-electron chi connectivity index (χ3n) is 7.66. The molecule has 186 valence electrons. The number of H-pyrrole nitrogens is 1. The van der Waals surface area contributed by atoms with Gasteiger partial charge in [0.05, 0.1) is 7.11 Å². The highest BCUT2D eigenvalue weighted by Crippen LogP contribution is 2.49. The van der Waals surface area contributed by atoms with Gasteiger partial charge in [-0.25, -0.2) is 9.18 Å². The third-order valence-corrected chi connectivity index (χ3v) is 7.66. The quantitative estimate of drug-likeness (QED) is 0.422. The average molecular weight is 491 g/mol. The monoisotopic (exact) mass is 490 g/mol. The van der Waals surface area contributed by atoms with Crippen LogP contribution in [0.15, 0.2) is 48.6 Å². The number of imide groups is 1.